The Bertz CT molecular complexity index is 387. The van der Waals surface area contributed by atoms with Crippen molar-refractivity contribution in [2.24, 2.45) is 0 Å². The average molecular weight is 179 g/mol. The first-order valence-electron chi connectivity index (χ1n) is 3.90. The number of hydrogen-bond donors (Lipinski definition) is 2. The van der Waals surface area contributed by atoms with Crippen molar-refractivity contribution >= 4 is 5.91 Å². The van der Waals surface area contributed by atoms with Gasteiger partial charge in [0, 0.05) is 19.2 Å². The van der Waals surface area contributed by atoms with Crippen LogP contribution in [0.4, 0.5) is 0 Å². The fourth-order valence-corrected chi connectivity index (χ4v) is 1.48. The molecule has 13 heavy (non-hydrogen) atoms. The van der Waals surface area contributed by atoms with Crippen LogP contribution < -0.4 is 0 Å². The molecule has 0 spiro atoms. The van der Waals surface area contributed by atoms with E-state index < -0.39 is 0 Å². The van der Waals surface area contributed by atoms with Crippen molar-refractivity contribution in [2.45, 2.75) is 6.54 Å². The minimum Gasteiger partial charge on any atom is -0.504 e. The average Bonchev–Trinajstić information content (AvgIpc) is 2.32. The largest absolute Gasteiger partial charge is 0.504 e. The van der Waals surface area contributed by atoms with Gasteiger partial charge in [0.2, 0.25) is 0 Å². The Labute approximate surface area is 75.0 Å². The van der Waals surface area contributed by atoms with Crippen LogP contribution >= 0.6 is 0 Å². The van der Waals surface area contributed by atoms with Gasteiger partial charge >= 0.3 is 0 Å². The molecule has 0 radical (unpaired) electrons. The summed E-state index contributed by atoms with van der Waals surface area (Å²) < 4.78 is 0. The Morgan fingerprint density at radius 2 is 1.92 bits per heavy atom. The molecule has 0 unspecified atom stereocenters. The van der Waals surface area contributed by atoms with E-state index in [1.54, 1.807) is 7.05 Å². The lowest BCUT2D eigenvalue weighted by Crippen LogP contribution is -2.17. The van der Waals surface area contributed by atoms with E-state index in [0.717, 1.165) is 5.56 Å². The maximum atomic E-state index is 11.4. The molecular formula is C9H9NO3. The van der Waals surface area contributed by atoms with Crippen molar-refractivity contribution < 1.29 is 15.0 Å². The number of carbonyl (C=O) groups excluding carboxylic acids is 1. The van der Waals surface area contributed by atoms with E-state index in [-0.39, 0.29) is 17.4 Å². The van der Waals surface area contributed by atoms with Gasteiger partial charge in [-0.25, -0.2) is 0 Å². The lowest BCUT2D eigenvalue weighted by molar-refractivity contribution is 0.0816. The van der Waals surface area contributed by atoms with E-state index in [1.165, 1.54) is 17.0 Å². The van der Waals surface area contributed by atoms with Crippen LogP contribution in [0.5, 0.6) is 11.5 Å². The van der Waals surface area contributed by atoms with Gasteiger partial charge in [-0.1, -0.05) is 0 Å². The van der Waals surface area contributed by atoms with Gasteiger partial charge in [-0.05, 0) is 17.7 Å². The van der Waals surface area contributed by atoms with Crippen LogP contribution in [0.2, 0.25) is 0 Å². The Morgan fingerprint density at radius 3 is 2.62 bits per heavy atom. The van der Waals surface area contributed by atoms with E-state index in [4.69, 9.17) is 5.11 Å². The molecule has 0 atom stereocenters. The van der Waals surface area contributed by atoms with Crippen LogP contribution in [0, 0.1) is 0 Å². The number of amides is 1. The standard InChI is InChI=1S/C9H9NO3/c1-10-4-5-2-7(11)8(12)3-6(5)9(10)13/h2-3,11-12H,4H2,1H3. The maximum Gasteiger partial charge on any atom is 0.254 e. The fourth-order valence-electron chi connectivity index (χ4n) is 1.48. The van der Waals surface area contributed by atoms with E-state index >= 15 is 0 Å². The van der Waals surface area contributed by atoms with E-state index in [0.29, 0.717) is 12.1 Å². The molecule has 2 N–H and O–H groups in total. The molecule has 0 saturated heterocycles. The Balaban J connectivity index is 2.59. The summed E-state index contributed by atoms with van der Waals surface area (Å²) in [7, 11) is 1.68. The summed E-state index contributed by atoms with van der Waals surface area (Å²) >= 11 is 0. The number of rotatable bonds is 0. The molecule has 1 aliphatic heterocycles. The van der Waals surface area contributed by atoms with Crippen molar-refractivity contribution in [3.63, 3.8) is 0 Å². The number of phenols is 2. The third-order valence-corrected chi connectivity index (χ3v) is 2.19. The van der Waals surface area contributed by atoms with E-state index in [2.05, 4.69) is 0 Å². The number of fused-ring (bicyclic) bond motifs is 1. The predicted octanol–water partition coefficient (Wildman–Crippen LogP) is 0.683. The number of carbonyl (C=O) groups is 1. The third kappa shape index (κ3) is 1.02. The molecule has 0 bridgehead atoms. The lowest BCUT2D eigenvalue weighted by Gasteiger charge is -2.04. The number of aromatic hydroxyl groups is 2. The second kappa shape index (κ2) is 2.39. The SMILES string of the molecule is CN1Cc2cc(O)c(O)cc2C1=O. The molecular weight excluding hydrogens is 170 g/mol. The molecule has 4 nitrogen and oxygen atoms in total. The first kappa shape index (κ1) is 7.91. The summed E-state index contributed by atoms with van der Waals surface area (Å²) in [5, 5.41) is 18.3. The molecule has 1 heterocycles. The highest BCUT2D eigenvalue weighted by molar-refractivity contribution is 5.98. The zero-order valence-corrected chi connectivity index (χ0v) is 7.11. The first-order valence-corrected chi connectivity index (χ1v) is 3.90. The highest BCUT2D eigenvalue weighted by Gasteiger charge is 2.25. The summed E-state index contributed by atoms with van der Waals surface area (Å²) in [4.78, 5) is 12.9. The molecule has 0 fully saturated rings. The van der Waals surface area contributed by atoms with Crippen molar-refractivity contribution in [2.75, 3.05) is 7.05 Å². The minimum absolute atomic E-state index is 0.120. The Hall–Kier alpha value is -1.71. The molecule has 0 aromatic heterocycles. The van der Waals surface area contributed by atoms with Gasteiger partial charge in [-0.2, -0.15) is 0 Å². The normalized spacial score (nSPS) is 14.8. The van der Waals surface area contributed by atoms with Crippen LogP contribution in [0.15, 0.2) is 12.1 Å². The Morgan fingerprint density at radius 1 is 1.31 bits per heavy atom. The molecule has 1 aromatic carbocycles. The topological polar surface area (TPSA) is 60.8 Å². The van der Waals surface area contributed by atoms with Crippen molar-refractivity contribution in [3.8, 4) is 11.5 Å². The smallest absolute Gasteiger partial charge is 0.254 e. The maximum absolute atomic E-state index is 11.4. The van der Waals surface area contributed by atoms with Crippen molar-refractivity contribution in [1.29, 1.82) is 0 Å². The van der Waals surface area contributed by atoms with Crippen LogP contribution in [0.3, 0.4) is 0 Å². The summed E-state index contributed by atoms with van der Waals surface area (Å²) in [6.45, 7) is 0.488. The van der Waals surface area contributed by atoms with Gasteiger partial charge < -0.3 is 15.1 Å². The Kier molecular flexibility index (Phi) is 1.45. The van der Waals surface area contributed by atoms with E-state index in [9.17, 15) is 9.90 Å². The third-order valence-electron chi connectivity index (χ3n) is 2.19. The quantitative estimate of drug-likeness (QED) is 0.576. The van der Waals surface area contributed by atoms with Crippen LogP contribution in [-0.2, 0) is 6.54 Å². The molecule has 2 rings (SSSR count). The zero-order chi connectivity index (χ0) is 9.59. The van der Waals surface area contributed by atoms with Gasteiger partial charge in [0.25, 0.3) is 5.91 Å². The van der Waals surface area contributed by atoms with Crippen LogP contribution in [0.1, 0.15) is 15.9 Å². The van der Waals surface area contributed by atoms with E-state index in [1.807, 2.05) is 0 Å². The molecule has 68 valence electrons. The fraction of sp³-hybridized carbons (Fsp3) is 0.222. The molecule has 4 heteroatoms. The van der Waals surface area contributed by atoms with Gasteiger partial charge in [0.1, 0.15) is 0 Å². The first-order chi connectivity index (χ1) is 6.09. The monoisotopic (exact) mass is 179 g/mol. The lowest BCUT2D eigenvalue weighted by atomic mass is 10.1. The van der Waals surface area contributed by atoms with Crippen LogP contribution in [0.25, 0.3) is 0 Å². The molecule has 1 amide bonds. The minimum atomic E-state index is -0.248. The van der Waals surface area contributed by atoms with Crippen molar-refractivity contribution in [1.82, 2.24) is 4.90 Å². The van der Waals surface area contributed by atoms with Crippen LogP contribution in [-0.4, -0.2) is 28.1 Å². The summed E-state index contributed by atoms with van der Waals surface area (Å²) in [6, 6.07) is 2.72. The molecule has 0 saturated carbocycles. The van der Waals surface area contributed by atoms with Gasteiger partial charge in [0.05, 0.1) is 0 Å². The predicted molar refractivity (Wildman–Crippen MR) is 45.6 cm³/mol. The van der Waals surface area contributed by atoms with Gasteiger partial charge in [-0.15, -0.1) is 0 Å². The van der Waals surface area contributed by atoms with Crippen molar-refractivity contribution in [3.05, 3.63) is 23.3 Å². The number of benzene rings is 1. The summed E-state index contributed by atoms with van der Waals surface area (Å²) in [5.74, 6) is -0.547. The number of nitrogens with zero attached hydrogens (tertiary/aromatic N) is 1. The summed E-state index contributed by atoms with van der Waals surface area (Å²) in [5.41, 5.74) is 1.22. The number of hydrogen-bond acceptors (Lipinski definition) is 3. The molecule has 0 aliphatic carbocycles. The second-order valence-electron chi connectivity index (χ2n) is 3.16. The van der Waals surface area contributed by atoms with Gasteiger partial charge in [0.15, 0.2) is 11.5 Å². The summed E-state index contributed by atoms with van der Waals surface area (Å²) in [6.07, 6.45) is 0. The van der Waals surface area contributed by atoms with Gasteiger partial charge in [-0.3, -0.25) is 4.79 Å². The molecule has 1 aromatic rings. The molecule has 1 aliphatic rings. The highest BCUT2D eigenvalue weighted by atomic mass is 16.3. The second-order valence-corrected chi connectivity index (χ2v) is 3.16. The zero-order valence-electron chi connectivity index (χ0n) is 7.11. The highest BCUT2D eigenvalue weighted by Crippen LogP contribution is 2.32. The number of phenolic OH excluding ortho intramolecular Hbond substituents is 2.